The fourth-order valence-electron chi connectivity index (χ4n) is 1.89. The highest BCUT2D eigenvalue weighted by atomic mass is 16.5. The molecule has 96 valence electrons. The summed E-state index contributed by atoms with van der Waals surface area (Å²) in [5.41, 5.74) is 0.929. The molecule has 4 heteroatoms. The third-order valence-corrected chi connectivity index (χ3v) is 2.63. The molecule has 0 saturated carbocycles. The number of rotatable bonds is 5. The maximum Gasteiger partial charge on any atom is 0.207 e. The van der Waals surface area contributed by atoms with Gasteiger partial charge >= 0.3 is 0 Å². The second kappa shape index (κ2) is 5.23. The zero-order valence-electron chi connectivity index (χ0n) is 11.1. The van der Waals surface area contributed by atoms with E-state index in [-0.39, 0.29) is 5.54 Å². The van der Waals surface area contributed by atoms with Gasteiger partial charge in [0.15, 0.2) is 0 Å². The van der Waals surface area contributed by atoms with Crippen LogP contribution in [0, 0.1) is 0 Å². The normalized spacial score (nSPS) is 11.5. The van der Waals surface area contributed by atoms with Crippen LogP contribution in [0.1, 0.15) is 13.8 Å². The van der Waals surface area contributed by atoms with Gasteiger partial charge < -0.3 is 10.1 Å². The van der Waals surface area contributed by atoms with Gasteiger partial charge in [0.1, 0.15) is 0 Å². The van der Waals surface area contributed by atoms with Gasteiger partial charge in [-0.05, 0) is 26.0 Å². The van der Waals surface area contributed by atoms with Crippen LogP contribution in [0.15, 0.2) is 42.7 Å². The minimum Gasteiger partial charge on any atom is -0.382 e. The molecule has 0 aliphatic heterocycles. The van der Waals surface area contributed by atoms with Crippen molar-refractivity contribution in [1.29, 1.82) is 0 Å². The van der Waals surface area contributed by atoms with Gasteiger partial charge in [0.25, 0.3) is 0 Å². The molecule has 0 saturated heterocycles. The van der Waals surface area contributed by atoms with Crippen LogP contribution in [0.25, 0.3) is 5.69 Å². The Morgan fingerprint density at radius 2 is 2.00 bits per heavy atom. The summed E-state index contributed by atoms with van der Waals surface area (Å²) >= 11 is 0. The Morgan fingerprint density at radius 1 is 1.28 bits per heavy atom. The van der Waals surface area contributed by atoms with Crippen molar-refractivity contribution in [3.63, 3.8) is 0 Å². The number of aromatic nitrogens is 2. The number of imidazole rings is 1. The monoisotopic (exact) mass is 245 g/mol. The van der Waals surface area contributed by atoms with E-state index < -0.39 is 0 Å². The van der Waals surface area contributed by atoms with E-state index in [1.165, 1.54) is 0 Å². The lowest BCUT2D eigenvalue weighted by Crippen LogP contribution is -2.36. The van der Waals surface area contributed by atoms with Crippen molar-refractivity contribution < 1.29 is 4.74 Å². The Morgan fingerprint density at radius 3 is 2.67 bits per heavy atom. The number of anilines is 1. The van der Waals surface area contributed by atoms with Gasteiger partial charge in [0, 0.05) is 25.2 Å². The summed E-state index contributed by atoms with van der Waals surface area (Å²) in [6.45, 7) is 4.79. The van der Waals surface area contributed by atoms with E-state index in [2.05, 4.69) is 36.3 Å². The van der Waals surface area contributed by atoms with E-state index in [4.69, 9.17) is 4.74 Å². The first-order chi connectivity index (χ1) is 8.62. The van der Waals surface area contributed by atoms with Gasteiger partial charge in [-0.25, -0.2) is 4.98 Å². The van der Waals surface area contributed by atoms with Gasteiger partial charge in [0.05, 0.1) is 12.1 Å². The van der Waals surface area contributed by atoms with Gasteiger partial charge in [0.2, 0.25) is 5.95 Å². The second-order valence-electron chi connectivity index (χ2n) is 4.90. The second-order valence-corrected chi connectivity index (χ2v) is 4.90. The Balaban J connectivity index is 2.24. The average Bonchev–Trinajstić information content (AvgIpc) is 2.77. The van der Waals surface area contributed by atoms with Crippen molar-refractivity contribution >= 4 is 5.95 Å². The van der Waals surface area contributed by atoms with E-state index in [1.807, 2.05) is 29.0 Å². The molecule has 0 radical (unpaired) electrons. The summed E-state index contributed by atoms with van der Waals surface area (Å²) < 4.78 is 7.23. The molecule has 0 aliphatic rings. The van der Waals surface area contributed by atoms with Gasteiger partial charge in [-0.1, -0.05) is 18.2 Å². The Bertz CT molecular complexity index is 491. The molecule has 0 spiro atoms. The summed E-state index contributed by atoms with van der Waals surface area (Å²) in [4.78, 5) is 4.36. The minimum atomic E-state index is -0.160. The topological polar surface area (TPSA) is 39.1 Å². The molecule has 0 bridgehead atoms. The molecule has 4 nitrogen and oxygen atoms in total. The number of nitrogens with one attached hydrogen (secondary N) is 1. The van der Waals surface area contributed by atoms with Crippen LogP contribution in [-0.4, -0.2) is 28.8 Å². The zero-order valence-corrected chi connectivity index (χ0v) is 11.1. The van der Waals surface area contributed by atoms with E-state index >= 15 is 0 Å². The molecular weight excluding hydrogens is 226 g/mol. The van der Waals surface area contributed by atoms with E-state index in [0.717, 1.165) is 11.6 Å². The highest BCUT2D eigenvalue weighted by Gasteiger charge is 2.19. The van der Waals surface area contributed by atoms with Crippen molar-refractivity contribution in [3.8, 4) is 5.69 Å². The van der Waals surface area contributed by atoms with Crippen LogP contribution in [0.4, 0.5) is 5.95 Å². The smallest absolute Gasteiger partial charge is 0.207 e. The summed E-state index contributed by atoms with van der Waals surface area (Å²) in [6, 6.07) is 10.1. The van der Waals surface area contributed by atoms with Crippen LogP contribution in [0.3, 0.4) is 0 Å². The van der Waals surface area contributed by atoms with Gasteiger partial charge in [-0.3, -0.25) is 4.57 Å². The fraction of sp³-hybridized carbons (Fsp3) is 0.357. The van der Waals surface area contributed by atoms with Crippen molar-refractivity contribution in [2.75, 3.05) is 19.0 Å². The molecule has 1 heterocycles. The van der Waals surface area contributed by atoms with Crippen LogP contribution in [0.5, 0.6) is 0 Å². The van der Waals surface area contributed by atoms with Crippen LogP contribution >= 0.6 is 0 Å². The van der Waals surface area contributed by atoms with Crippen molar-refractivity contribution in [3.05, 3.63) is 42.7 Å². The zero-order chi connectivity index (χ0) is 13.0. The third-order valence-electron chi connectivity index (χ3n) is 2.63. The quantitative estimate of drug-likeness (QED) is 0.880. The summed E-state index contributed by atoms with van der Waals surface area (Å²) in [6.07, 6.45) is 3.73. The Labute approximate surface area is 108 Å². The van der Waals surface area contributed by atoms with E-state index in [0.29, 0.717) is 6.61 Å². The third kappa shape index (κ3) is 2.90. The summed E-state index contributed by atoms with van der Waals surface area (Å²) in [7, 11) is 1.70. The Hall–Kier alpha value is -1.81. The number of nitrogens with zero attached hydrogens (tertiary/aromatic N) is 2. The highest BCUT2D eigenvalue weighted by Crippen LogP contribution is 2.18. The molecular formula is C14H19N3O. The Kier molecular flexibility index (Phi) is 3.67. The van der Waals surface area contributed by atoms with Gasteiger partial charge in [-0.15, -0.1) is 0 Å². The van der Waals surface area contributed by atoms with Crippen LogP contribution in [0.2, 0.25) is 0 Å². The minimum absolute atomic E-state index is 0.160. The highest BCUT2D eigenvalue weighted by molar-refractivity contribution is 5.42. The molecule has 1 N–H and O–H groups in total. The first-order valence-corrected chi connectivity index (χ1v) is 5.98. The number of para-hydroxylation sites is 1. The molecule has 1 aromatic carbocycles. The lowest BCUT2D eigenvalue weighted by atomic mass is 10.1. The van der Waals surface area contributed by atoms with Crippen LogP contribution < -0.4 is 5.32 Å². The number of hydrogen-bond donors (Lipinski definition) is 1. The standard InChI is InChI=1S/C14H19N3O/c1-14(2,11-18-3)16-13-15-9-10-17(13)12-7-5-4-6-8-12/h4-10H,11H2,1-3H3,(H,15,16). The molecule has 1 aromatic heterocycles. The predicted octanol–water partition coefficient (Wildman–Crippen LogP) is 2.71. The number of benzene rings is 1. The molecule has 0 unspecified atom stereocenters. The summed E-state index contributed by atoms with van der Waals surface area (Å²) in [5, 5.41) is 3.39. The molecule has 0 fully saturated rings. The lowest BCUT2D eigenvalue weighted by Gasteiger charge is -2.26. The van der Waals surface area contributed by atoms with Crippen molar-refractivity contribution in [2.45, 2.75) is 19.4 Å². The number of ether oxygens (including phenoxy) is 1. The molecule has 0 aliphatic carbocycles. The lowest BCUT2D eigenvalue weighted by molar-refractivity contribution is 0.157. The predicted molar refractivity (Wildman–Crippen MR) is 73.1 cm³/mol. The van der Waals surface area contributed by atoms with Gasteiger partial charge in [-0.2, -0.15) is 0 Å². The summed E-state index contributed by atoms with van der Waals surface area (Å²) in [5.74, 6) is 0.822. The fourth-order valence-corrected chi connectivity index (χ4v) is 1.89. The maximum absolute atomic E-state index is 5.20. The first-order valence-electron chi connectivity index (χ1n) is 5.98. The average molecular weight is 245 g/mol. The largest absolute Gasteiger partial charge is 0.382 e. The molecule has 0 atom stereocenters. The van der Waals surface area contributed by atoms with Crippen LogP contribution in [-0.2, 0) is 4.74 Å². The van der Waals surface area contributed by atoms with E-state index in [1.54, 1.807) is 13.3 Å². The number of hydrogen-bond acceptors (Lipinski definition) is 3. The maximum atomic E-state index is 5.20. The molecule has 0 amide bonds. The van der Waals surface area contributed by atoms with Crippen molar-refractivity contribution in [2.24, 2.45) is 0 Å². The SMILES string of the molecule is COCC(C)(C)Nc1nccn1-c1ccccc1. The molecule has 2 aromatic rings. The van der Waals surface area contributed by atoms with Crippen molar-refractivity contribution in [1.82, 2.24) is 9.55 Å². The van der Waals surface area contributed by atoms with E-state index in [9.17, 15) is 0 Å². The molecule has 18 heavy (non-hydrogen) atoms. The first kappa shape index (κ1) is 12.6. The molecule has 2 rings (SSSR count). The number of methoxy groups -OCH3 is 1.